The van der Waals surface area contributed by atoms with E-state index in [4.69, 9.17) is 0 Å². The lowest BCUT2D eigenvalue weighted by Gasteiger charge is -2.21. The van der Waals surface area contributed by atoms with Crippen molar-refractivity contribution in [2.75, 3.05) is 19.6 Å². The summed E-state index contributed by atoms with van der Waals surface area (Å²) in [6.45, 7) is 3.26. The van der Waals surface area contributed by atoms with Crippen LogP contribution in [0.2, 0.25) is 0 Å². The third-order valence-corrected chi connectivity index (χ3v) is 2.17. The lowest BCUT2D eigenvalue weighted by Crippen LogP contribution is -2.34. The van der Waals surface area contributed by atoms with Crippen LogP contribution < -0.4 is 0 Å². The highest BCUT2D eigenvalue weighted by molar-refractivity contribution is 5.77. The molecule has 0 bridgehead atoms. The molecule has 0 saturated carbocycles. The van der Waals surface area contributed by atoms with E-state index >= 15 is 0 Å². The van der Waals surface area contributed by atoms with Crippen LogP contribution in [0.25, 0.3) is 0 Å². The summed E-state index contributed by atoms with van der Waals surface area (Å²) >= 11 is 0. The molecular weight excluding hydrogens is 207 g/mol. The zero-order chi connectivity index (χ0) is 11.9. The molecule has 0 saturated heterocycles. The third kappa shape index (κ3) is 8.42. The summed E-state index contributed by atoms with van der Waals surface area (Å²) < 4.78 is 36.1. The Morgan fingerprint density at radius 1 is 1.27 bits per heavy atom. The normalized spacial score (nSPS) is 12.1. The van der Waals surface area contributed by atoms with E-state index in [1.807, 2.05) is 0 Å². The smallest absolute Gasteiger partial charge is 0.300 e. The maximum Gasteiger partial charge on any atom is 0.401 e. The van der Waals surface area contributed by atoms with Gasteiger partial charge < -0.3 is 0 Å². The number of hydrogen-bond donors (Lipinski definition) is 0. The van der Waals surface area contributed by atoms with Crippen molar-refractivity contribution in [2.24, 2.45) is 0 Å². The number of ketones is 1. The Kier molecular flexibility index (Phi) is 6.56. The van der Waals surface area contributed by atoms with Crippen molar-refractivity contribution in [1.82, 2.24) is 4.90 Å². The fraction of sp³-hybridized carbons (Fsp3) is 0.900. The van der Waals surface area contributed by atoms with E-state index in [-0.39, 0.29) is 5.78 Å². The Hall–Kier alpha value is -0.580. The van der Waals surface area contributed by atoms with Crippen molar-refractivity contribution in [1.29, 1.82) is 0 Å². The number of hydrogen-bond acceptors (Lipinski definition) is 2. The van der Waals surface area contributed by atoms with E-state index in [1.165, 1.54) is 4.90 Å². The second kappa shape index (κ2) is 6.82. The summed E-state index contributed by atoms with van der Waals surface area (Å²) in [4.78, 5) is 12.2. The summed E-state index contributed by atoms with van der Waals surface area (Å²) in [5.74, 6) is 0.109. The van der Waals surface area contributed by atoms with Crippen molar-refractivity contribution in [2.45, 2.75) is 39.3 Å². The lowest BCUT2D eigenvalue weighted by atomic mass is 10.2. The maximum absolute atomic E-state index is 12.0. The van der Waals surface area contributed by atoms with Crippen LogP contribution >= 0.6 is 0 Å². The Morgan fingerprint density at radius 3 is 2.27 bits per heavy atom. The number of nitrogens with zero attached hydrogens (tertiary/aromatic N) is 1. The molecule has 0 aliphatic heterocycles. The molecule has 0 spiro atoms. The van der Waals surface area contributed by atoms with Crippen molar-refractivity contribution in [3.63, 3.8) is 0 Å². The molecule has 0 fully saturated rings. The summed E-state index contributed by atoms with van der Waals surface area (Å²) in [5, 5.41) is 0. The number of carbonyl (C=O) groups is 1. The van der Waals surface area contributed by atoms with Gasteiger partial charge in [-0.2, -0.15) is 13.2 Å². The maximum atomic E-state index is 12.0. The van der Waals surface area contributed by atoms with E-state index < -0.39 is 12.7 Å². The molecule has 90 valence electrons. The van der Waals surface area contributed by atoms with Crippen LogP contribution in [-0.2, 0) is 4.79 Å². The molecule has 0 rings (SSSR count). The Balaban J connectivity index is 3.76. The van der Waals surface area contributed by atoms with E-state index in [0.29, 0.717) is 32.4 Å². The first-order chi connectivity index (χ1) is 6.89. The van der Waals surface area contributed by atoms with Crippen LogP contribution in [0.15, 0.2) is 0 Å². The van der Waals surface area contributed by atoms with Gasteiger partial charge in [-0.05, 0) is 19.5 Å². The average molecular weight is 225 g/mol. The van der Waals surface area contributed by atoms with Crippen molar-refractivity contribution < 1.29 is 18.0 Å². The first-order valence-corrected chi connectivity index (χ1v) is 5.19. The summed E-state index contributed by atoms with van der Waals surface area (Å²) in [6.07, 6.45) is -2.79. The molecule has 5 heteroatoms. The van der Waals surface area contributed by atoms with Crippen LogP contribution in [0.3, 0.4) is 0 Å². The highest BCUT2D eigenvalue weighted by Gasteiger charge is 2.29. The zero-order valence-corrected chi connectivity index (χ0v) is 9.23. The second-order valence-corrected chi connectivity index (χ2v) is 3.48. The fourth-order valence-electron chi connectivity index (χ4n) is 1.28. The quantitative estimate of drug-likeness (QED) is 0.663. The van der Waals surface area contributed by atoms with Gasteiger partial charge >= 0.3 is 6.18 Å². The molecule has 0 aliphatic rings. The molecule has 0 heterocycles. The molecule has 0 unspecified atom stereocenters. The minimum Gasteiger partial charge on any atom is -0.300 e. The predicted octanol–water partition coefficient (Wildman–Crippen LogP) is 2.63. The van der Waals surface area contributed by atoms with Gasteiger partial charge in [-0.25, -0.2) is 0 Å². The van der Waals surface area contributed by atoms with E-state index in [1.54, 1.807) is 13.8 Å². The lowest BCUT2D eigenvalue weighted by molar-refractivity contribution is -0.145. The minimum absolute atomic E-state index is 0.109. The van der Waals surface area contributed by atoms with Gasteiger partial charge in [-0.15, -0.1) is 0 Å². The van der Waals surface area contributed by atoms with Crippen LogP contribution in [0.5, 0.6) is 0 Å². The van der Waals surface area contributed by atoms with Crippen LogP contribution in [-0.4, -0.2) is 36.5 Å². The number of rotatable bonds is 7. The zero-order valence-electron chi connectivity index (χ0n) is 9.23. The Labute approximate surface area is 88.4 Å². The van der Waals surface area contributed by atoms with Crippen molar-refractivity contribution >= 4 is 5.78 Å². The molecule has 0 aromatic rings. The fourth-order valence-corrected chi connectivity index (χ4v) is 1.28. The molecule has 0 aromatic carbocycles. The SMILES string of the molecule is CCC(=O)CCCN(CC)CC(F)(F)F. The Morgan fingerprint density at radius 2 is 1.87 bits per heavy atom. The molecule has 0 aliphatic carbocycles. The summed E-state index contributed by atoms with van der Waals surface area (Å²) in [7, 11) is 0. The van der Waals surface area contributed by atoms with Gasteiger partial charge in [0.05, 0.1) is 6.54 Å². The van der Waals surface area contributed by atoms with E-state index in [9.17, 15) is 18.0 Å². The topological polar surface area (TPSA) is 20.3 Å². The number of Topliss-reactive ketones (excluding diaryl/α,β-unsaturated/α-hetero) is 1. The standard InChI is InChI=1S/C10H18F3NO/c1-3-9(15)6-5-7-14(4-2)8-10(11,12)13/h3-8H2,1-2H3. The first kappa shape index (κ1) is 14.4. The van der Waals surface area contributed by atoms with Gasteiger partial charge in [0.15, 0.2) is 0 Å². The first-order valence-electron chi connectivity index (χ1n) is 5.19. The number of carbonyl (C=O) groups excluding carboxylic acids is 1. The van der Waals surface area contributed by atoms with Gasteiger partial charge in [-0.3, -0.25) is 9.69 Å². The van der Waals surface area contributed by atoms with Crippen LogP contribution in [0.4, 0.5) is 13.2 Å². The highest BCUT2D eigenvalue weighted by Crippen LogP contribution is 2.16. The molecular formula is C10H18F3NO. The van der Waals surface area contributed by atoms with Crippen molar-refractivity contribution in [3.8, 4) is 0 Å². The molecule has 15 heavy (non-hydrogen) atoms. The van der Waals surface area contributed by atoms with Gasteiger partial charge in [0, 0.05) is 12.8 Å². The molecule has 0 atom stereocenters. The summed E-state index contributed by atoms with van der Waals surface area (Å²) in [5.41, 5.74) is 0. The summed E-state index contributed by atoms with van der Waals surface area (Å²) in [6, 6.07) is 0. The average Bonchev–Trinajstić information content (AvgIpc) is 2.14. The van der Waals surface area contributed by atoms with Crippen LogP contribution in [0, 0.1) is 0 Å². The minimum atomic E-state index is -4.15. The Bertz CT molecular complexity index is 192. The number of halogens is 3. The molecule has 0 N–H and O–H groups in total. The van der Waals surface area contributed by atoms with Gasteiger partial charge in [0.1, 0.15) is 5.78 Å². The number of alkyl halides is 3. The van der Waals surface area contributed by atoms with Gasteiger partial charge in [-0.1, -0.05) is 13.8 Å². The van der Waals surface area contributed by atoms with Crippen LogP contribution in [0.1, 0.15) is 33.1 Å². The van der Waals surface area contributed by atoms with Gasteiger partial charge in [0.25, 0.3) is 0 Å². The largest absolute Gasteiger partial charge is 0.401 e. The van der Waals surface area contributed by atoms with E-state index in [2.05, 4.69) is 0 Å². The third-order valence-electron chi connectivity index (χ3n) is 2.17. The predicted molar refractivity (Wildman–Crippen MR) is 52.7 cm³/mol. The molecule has 0 aromatic heterocycles. The van der Waals surface area contributed by atoms with Crippen molar-refractivity contribution in [3.05, 3.63) is 0 Å². The highest BCUT2D eigenvalue weighted by atomic mass is 19.4. The molecule has 0 radical (unpaired) electrons. The van der Waals surface area contributed by atoms with Gasteiger partial charge in [0.2, 0.25) is 0 Å². The van der Waals surface area contributed by atoms with E-state index in [0.717, 1.165) is 0 Å². The molecule has 0 amide bonds. The second-order valence-electron chi connectivity index (χ2n) is 3.48. The molecule has 2 nitrogen and oxygen atoms in total. The monoisotopic (exact) mass is 225 g/mol.